The monoisotopic (exact) mass is 341 g/mol. The van der Waals surface area contributed by atoms with Crippen molar-refractivity contribution in [2.75, 3.05) is 13.7 Å². The zero-order valence-electron chi connectivity index (χ0n) is 10.9. The Kier molecular flexibility index (Phi) is 4.96. The summed E-state index contributed by atoms with van der Waals surface area (Å²) in [6, 6.07) is 6.09. The first-order valence-corrected chi connectivity index (χ1v) is 7.93. The predicted molar refractivity (Wildman–Crippen MR) is 82.3 cm³/mol. The van der Waals surface area contributed by atoms with E-state index in [-0.39, 0.29) is 6.61 Å². The second kappa shape index (κ2) is 6.50. The van der Waals surface area contributed by atoms with Crippen molar-refractivity contribution in [1.29, 1.82) is 0 Å². The normalized spacial score (nSPS) is 10.7. The number of benzene rings is 1. The van der Waals surface area contributed by atoms with Gasteiger partial charge < -0.3 is 9.84 Å². The number of alkyl halides is 1. The zero-order valence-corrected chi connectivity index (χ0v) is 13.3. The summed E-state index contributed by atoms with van der Waals surface area (Å²) in [5.41, 5.74) is 3.16. The maximum atomic E-state index is 9.04. The molecule has 1 N–H and O–H groups in total. The molecule has 0 saturated heterocycles. The van der Waals surface area contributed by atoms with Crippen molar-refractivity contribution in [1.82, 2.24) is 4.98 Å². The van der Waals surface area contributed by atoms with Crippen molar-refractivity contribution < 1.29 is 9.84 Å². The predicted octanol–water partition coefficient (Wildman–Crippen LogP) is 3.56. The van der Waals surface area contributed by atoms with Crippen molar-refractivity contribution in [3.05, 3.63) is 34.3 Å². The maximum absolute atomic E-state index is 9.04. The van der Waals surface area contributed by atoms with Crippen LogP contribution in [0.15, 0.2) is 18.2 Å². The molecule has 1 aromatic heterocycles. The standard InChI is InChI=1S/C14H16BrNO2S/c1-9-12(5-6-17)16-14(19-9)11-7-10(8-15)3-4-13(11)18-2/h3-4,7,17H,5-6,8H2,1-2H3. The average Bonchev–Trinajstić information content (AvgIpc) is 2.80. The van der Waals surface area contributed by atoms with Crippen LogP contribution in [0.5, 0.6) is 5.75 Å². The van der Waals surface area contributed by atoms with Gasteiger partial charge in [0, 0.05) is 23.2 Å². The van der Waals surface area contributed by atoms with Crippen LogP contribution in [-0.4, -0.2) is 23.8 Å². The van der Waals surface area contributed by atoms with E-state index in [2.05, 4.69) is 27.0 Å². The molecule has 0 aliphatic carbocycles. The summed E-state index contributed by atoms with van der Waals surface area (Å²) in [4.78, 5) is 5.77. The lowest BCUT2D eigenvalue weighted by molar-refractivity contribution is 0.298. The van der Waals surface area contributed by atoms with Crippen molar-refractivity contribution in [2.45, 2.75) is 18.7 Å². The van der Waals surface area contributed by atoms with Gasteiger partial charge >= 0.3 is 0 Å². The van der Waals surface area contributed by atoms with Crippen LogP contribution in [-0.2, 0) is 11.8 Å². The molecule has 0 spiro atoms. The van der Waals surface area contributed by atoms with Gasteiger partial charge in [0.1, 0.15) is 10.8 Å². The molecule has 0 amide bonds. The molecule has 3 nitrogen and oxygen atoms in total. The molecular formula is C14H16BrNO2S. The van der Waals surface area contributed by atoms with Gasteiger partial charge in [-0.15, -0.1) is 11.3 Å². The van der Waals surface area contributed by atoms with Crippen LogP contribution in [0.3, 0.4) is 0 Å². The van der Waals surface area contributed by atoms with Crippen molar-refractivity contribution in [3.63, 3.8) is 0 Å². The number of aliphatic hydroxyl groups is 1. The Labute approximate surface area is 125 Å². The third-order valence-electron chi connectivity index (χ3n) is 2.89. The Morgan fingerprint density at radius 1 is 1.42 bits per heavy atom. The number of methoxy groups -OCH3 is 1. The lowest BCUT2D eigenvalue weighted by Gasteiger charge is -2.07. The molecule has 102 valence electrons. The van der Waals surface area contributed by atoms with Crippen LogP contribution in [0.1, 0.15) is 16.1 Å². The van der Waals surface area contributed by atoms with Crippen molar-refractivity contribution >= 4 is 27.3 Å². The zero-order chi connectivity index (χ0) is 13.8. The topological polar surface area (TPSA) is 42.4 Å². The molecule has 1 heterocycles. The Balaban J connectivity index is 2.47. The number of nitrogens with zero attached hydrogens (tertiary/aromatic N) is 1. The average molecular weight is 342 g/mol. The second-order valence-electron chi connectivity index (χ2n) is 4.16. The number of hydrogen-bond acceptors (Lipinski definition) is 4. The number of aromatic nitrogens is 1. The van der Waals surface area contributed by atoms with Crippen LogP contribution in [0.4, 0.5) is 0 Å². The molecule has 2 aromatic rings. The molecule has 0 bridgehead atoms. The van der Waals surface area contributed by atoms with Gasteiger partial charge in [0.05, 0.1) is 18.4 Å². The first-order chi connectivity index (χ1) is 9.19. The fourth-order valence-corrected chi connectivity index (χ4v) is 3.22. The van der Waals surface area contributed by atoms with Gasteiger partial charge in [0.2, 0.25) is 0 Å². The number of halogens is 1. The quantitative estimate of drug-likeness (QED) is 0.845. The SMILES string of the molecule is COc1ccc(CBr)cc1-c1nc(CCO)c(C)s1. The number of aliphatic hydroxyl groups excluding tert-OH is 1. The highest BCUT2D eigenvalue weighted by Crippen LogP contribution is 2.35. The van der Waals surface area contributed by atoms with Crippen LogP contribution in [0.25, 0.3) is 10.6 Å². The van der Waals surface area contributed by atoms with Gasteiger partial charge in [-0.3, -0.25) is 0 Å². The van der Waals surface area contributed by atoms with Gasteiger partial charge in [-0.1, -0.05) is 22.0 Å². The fraction of sp³-hybridized carbons (Fsp3) is 0.357. The molecule has 5 heteroatoms. The van der Waals surface area contributed by atoms with E-state index >= 15 is 0 Å². The third kappa shape index (κ3) is 3.16. The number of rotatable bonds is 5. The molecule has 1 aromatic carbocycles. The van der Waals surface area contributed by atoms with E-state index < -0.39 is 0 Å². The first-order valence-electron chi connectivity index (χ1n) is 6.00. The molecule has 0 radical (unpaired) electrons. The minimum atomic E-state index is 0.128. The molecule has 2 rings (SSSR count). The molecule has 0 fully saturated rings. The van der Waals surface area contributed by atoms with Crippen LogP contribution in [0.2, 0.25) is 0 Å². The molecule has 0 saturated carbocycles. The van der Waals surface area contributed by atoms with E-state index in [0.29, 0.717) is 6.42 Å². The number of ether oxygens (including phenoxy) is 1. The van der Waals surface area contributed by atoms with Gasteiger partial charge in [-0.25, -0.2) is 4.98 Å². The largest absolute Gasteiger partial charge is 0.496 e. The molecule has 0 atom stereocenters. The third-order valence-corrected chi connectivity index (χ3v) is 4.58. The van der Waals surface area contributed by atoms with E-state index in [0.717, 1.165) is 32.2 Å². The van der Waals surface area contributed by atoms with Gasteiger partial charge in [-0.2, -0.15) is 0 Å². The summed E-state index contributed by atoms with van der Waals surface area (Å²) in [7, 11) is 1.67. The summed E-state index contributed by atoms with van der Waals surface area (Å²) in [6.45, 7) is 2.16. The molecule has 19 heavy (non-hydrogen) atoms. The fourth-order valence-electron chi connectivity index (χ4n) is 1.89. The van der Waals surface area contributed by atoms with Gasteiger partial charge in [0.25, 0.3) is 0 Å². The van der Waals surface area contributed by atoms with E-state index in [1.54, 1.807) is 18.4 Å². The Bertz CT molecular complexity index is 569. The highest BCUT2D eigenvalue weighted by molar-refractivity contribution is 9.08. The maximum Gasteiger partial charge on any atom is 0.129 e. The van der Waals surface area contributed by atoms with Crippen LogP contribution < -0.4 is 4.74 Å². The van der Waals surface area contributed by atoms with Gasteiger partial charge in [-0.05, 0) is 24.6 Å². The Morgan fingerprint density at radius 3 is 2.84 bits per heavy atom. The minimum Gasteiger partial charge on any atom is -0.496 e. The van der Waals surface area contributed by atoms with Crippen LogP contribution in [0, 0.1) is 6.92 Å². The number of aryl methyl sites for hydroxylation is 1. The summed E-state index contributed by atoms with van der Waals surface area (Å²) < 4.78 is 5.41. The minimum absolute atomic E-state index is 0.128. The Hall–Kier alpha value is -0.910. The number of thiazole rings is 1. The van der Waals surface area contributed by atoms with E-state index in [9.17, 15) is 0 Å². The lowest BCUT2D eigenvalue weighted by atomic mass is 10.1. The highest BCUT2D eigenvalue weighted by atomic mass is 79.9. The van der Waals surface area contributed by atoms with Crippen LogP contribution >= 0.6 is 27.3 Å². The van der Waals surface area contributed by atoms with E-state index in [4.69, 9.17) is 9.84 Å². The summed E-state index contributed by atoms with van der Waals surface area (Å²) in [5, 5.41) is 10.8. The summed E-state index contributed by atoms with van der Waals surface area (Å²) in [6.07, 6.45) is 0.600. The van der Waals surface area contributed by atoms with E-state index in [1.165, 1.54) is 5.56 Å². The molecule has 0 aliphatic heterocycles. The lowest BCUT2D eigenvalue weighted by Crippen LogP contribution is -1.93. The Morgan fingerprint density at radius 2 is 2.21 bits per heavy atom. The van der Waals surface area contributed by atoms with Crippen molar-refractivity contribution in [3.8, 4) is 16.3 Å². The molecule has 0 unspecified atom stereocenters. The molecule has 0 aliphatic rings. The van der Waals surface area contributed by atoms with E-state index in [1.807, 2.05) is 19.1 Å². The van der Waals surface area contributed by atoms with Crippen molar-refractivity contribution in [2.24, 2.45) is 0 Å². The summed E-state index contributed by atoms with van der Waals surface area (Å²) >= 11 is 5.10. The number of hydrogen-bond donors (Lipinski definition) is 1. The first kappa shape index (κ1) is 14.5. The smallest absolute Gasteiger partial charge is 0.129 e. The highest BCUT2D eigenvalue weighted by Gasteiger charge is 2.13. The molecular weight excluding hydrogens is 326 g/mol. The summed E-state index contributed by atoms with van der Waals surface area (Å²) in [5.74, 6) is 0.828. The second-order valence-corrected chi connectivity index (χ2v) is 5.93. The van der Waals surface area contributed by atoms with Gasteiger partial charge in [0.15, 0.2) is 0 Å².